The number of amides is 1. The number of piperazine rings is 1. The molecule has 5 nitrogen and oxygen atoms in total. The van der Waals surface area contributed by atoms with Gasteiger partial charge in [-0.2, -0.15) is 0 Å². The number of rotatable bonds is 5. The number of β-amino-alcohol motifs (C(OH)–C–C–N with tert-alkyl or cyclic N) is 1. The van der Waals surface area contributed by atoms with Crippen LogP contribution in [0.3, 0.4) is 0 Å². The van der Waals surface area contributed by atoms with E-state index < -0.39 is 6.10 Å². The number of benzene rings is 3. The molecular formula is C26H26FN3O2. The zero-order valence-electron chi connectivity index (χ0n) is 17.8. The van der Waals surface area contributed by atoms with Gasteiger partial charge >= 0.3 is 0 Å². The van der Waals surface area contributed by atoms with E-state index in [1.54, 1.807) is 4.90 Å². The molecule has 0 radical (unpaired) electrons. The molecule has 0 bridgehead atoms. The molecule has 1 atom stereocenters. The first-order valence-electron chi connectivity index (χ1n) is 11.0. The number of nitrogens with zero attached hydrogens (tertiary/aromatic N) is 3. The molecule has 1 N–H and O–H groups in total. The van der Waals surface area contributed by atoms with Gasteiger partial charge in [0.15, 0.2) is 0 Å². The number of aliphatic hydroxyl groups is 1. The van der Waals surface area contributed by atoms with E-state index in [0.29, 0.717) is 44.8 Å². The minimum absolute atomic E-state index is 0.0736. The maximum Gasteiger partial charge on any atom is 0.253 e. The van der Waals surface area contributed by atoms with Gasteiger partial charge in [0.2, 0.25) is 0 Å². The molecule has 1 aliphatic rings. The van der Waals surface area contributed by atoms with Gasteiger partial charge in [-0.1, -0.05) is 36.4 Å². The van der Waals surface area contributed by atoms with Crippen LogP contribution in [-0.2, 0) is 6.54 Å². The number of halogens is 1. The fourth-order valence-electron chi connectivity index (χ4n) is 4.68. The first-order chi connectivity index (χ1) is 15.6. The fourth-order valence-corrected chi connectivity index (χ4v) is 4.68. The number of carbonyl (C=O) groups excluding carboxylic acids is 1. The van der Waals surface area contributed by atoms with Crippen molar-refractivity contribution in [1.82, 2.24) is 14.4 Å². The van der Waals surface area contributed by atoms with Crippen molar-refractivity contribution in [1.29, 1.82) is 0 Å². The molecule has 5 rings (SSSR count). The van der Waals surface area contributed by atoms with E-state index >= 15 is 0 Å². The zero-order chi connectivity index (χ0) is 22.1. The first-order valence-corrected chi connectivity index (χ1v) is 11.0. The second-order valence-electron chi connectivity index (χ2n) is 8.40. The predicted molar refractivity (Wildman–Crippen MR) is 124 cm³/mol. The molecule has 0 aliphatic carbocycles. The highest BCUT2D eigenvalue weighted by atomic mass is 19.1. The Labute approximate surface area is 186 Å². The third-order valence-corrected chi connectivity index (χ3v) is 6.29. The van der Waals surface area contributed by atoms with Crippen LogP contribution >= 0.6 is 0 Å². The number of fused-ring (bicyclic) bond motifs is 3. The fraction of sp³-hybridized carbons (Fsp3) is 0.269. The van der Waals surface area contributed by atoms with Crippen molar-refractivity contribution >= 4 is 27.7 Å². The van der Waals surface area contributed by atoms with Crippen LogP contribution < -0.4 is 0 Å². The molecule has 0 spiro atoms. The Morgan fingerprint density at radius 1 is 0.812 bits per heavy atom. The summed E-state index contributed by atoms with van der Waals surface area (Å²) in [7, 11) is 0. The van der Waals surface area contributed by atoms with Crippen molar-refractivity contribution in [2.45, 2.75) is 12.6 Å². The Balaban J connectivity index is 1.23. The number of para-hydroxylation sites is 2. The summed E-state index contributed by atoms with van der Waals surface area (Å²) < 4.78 is 15.3. The second-order valence-corrected chi connectivity index (χ2v) is 8.40. The average Bonchev–Trinajstić information content (AvgIpc) is 3.13. The minimum atomic E-state index is -0.520. The average molecular weight is 432 g/mol. The monoisotopic (exact) mass is 431 g/mol. The van der Waals surface area contributed by atoms with Crippen LogP contribution in [0.25, 0.3) is 21.8 Å². The maximum atomic E-state index is 13.1. The van der Waals surface area contributed by atoms with Crippen molar-refractivity contribution in [3.05, 3.63) is 84.2 Å². The maximum absolute atomic E-state index is 13.1. The number of hydrogen-bond acceptors (Lipinski definition) is 3. The Hall–Kier alpha value is -3.22. The largest absolute Gasteiger partial charge is 0.390 e. The minimum Gasteiger partial charge on any atom is -0.390 e. The molecule has 1 unspecified atom stereocenters. The molecule has 32 heavy (non-hydrogen) atoms. The van der Waals surface area contributed by atoms with E-state index in [4.69, 9.17) is 0 Å². The van der Waals surface area contributed by atoms with E-state index in [2.05, 4.69) is 33.7 Å². The molecule has 0 saturated carbocycles. The van der Waals surface area contributed by atoms with Crippen LogP contribution in [-0.4, -0.2) is 64.2 Å². The zero-order valence-corrected chi connectivity index (χ0v) is 17.8. The summed E-state index contributed by atoms with van der Waals surface area (Å²) in [5.74, 6) is -0.418. The summed E-state index contributed by atoms with van der Waals surface area (Å²) in [6.07, 6.45) is -0.520. The summed E-state index contributed by atoms with van der Waals surface area (Å²) >= 11 is 0. The molecule has 2 heterocycles. The summed E-state index contributed by atoms with van der Waals surface area (Å²) in [5, 5.41) is 13.3. The third kappa shape index (κ3) is 3.99. The lowest BCUT2D eigenvalue weighted by Gasteiger charge is -2.35. The van der Waals surface area contributed by atoms with Gasteiger partial charge in [-0.05, 0) is 36.4 Å². The van der Waals surface area contributed by atoms with Crippen LogP contribution in [0.1, 0.15) is 10.4 Å². The van der Waals surface area contributed by atoms with E-state index in [-0.39, 0.29) is 11.7 Å². The first kappa shape index (κ1) is 20.7. The lowest BCUT2D eigenvalue weighted by molar-refractivity contribution is 0.0503. The van der Waals surface area contributed by atoms with Gasteiger partial charge in [0.1, 0.15) is 5.82 Å². The Bertz CT molecular complexity index is 1190. The van der Waals surface area contributed by atoms with Gasteiger partial charge in [0.05, 0.1) is 12.6 Å². The highest BCUT2D eigenvalue weighted by Gasteiger charge is 2.24. The van der Waals surface area contributed by atoms with Gasteiger partial charge in [-0.15, -0.1) is 0 Å². The highest BCUT2D eigenvalue weighted by molar-refractivity contribution is 6.07. The standard InChI is InChI=1S/C26H26FN3O2/c27-20-11-9-19(10-12-20)26(32)29-15-13-28(14-16-29)17-21(31)18-30-24-7-3-1-5-22(24)23-6-2-4-8-25(23)30/h1-12,21,31H,13-18H2. The van der Waals surface area contributed by atoms with Crippen LogP contribution in [0.15, 0.2) is 72.8 Å². The van der Waals surface area contributed by atoms with Gasteiger partial charge < -0.3 is 14.6 Å². The van der Waals surface area contributed by atoms with Crippen molar-refractivity contribution in [2.24, 2.45) is 0 Å². The molecule has 1 amide bonds. The summed E-state index contributed by atoms with van der Waals surface area (Å²) in [6, 6.07) is 22.3. The van der Waals surface area contributed by atoms with E-state index in [1.807, 2.05) is 24.3 Å². The molecule has 1 saturated heterocycles. The molecule has 1 fully saturated rings. The van der Waals surface area contributed by atoms with Gasteiger partial charge in [0, 0.05) is 60.1 Å². The molecule has 1 aliphatic heterocycles. The lowest BCUT2D eigenvalue weighted by Crippen LogP contribution is -2.50. The Morgan fingerprint density at radius 3 is 1.97 bits per heavy atom. The second kappa shape index (κ2) is 8.73. The van der Waals surface area contributed by atoms with Crippen molar-refractivity contribution < 1.29 is 14.3 Å². The molecule has 6 heteroatoms. The summed E-state index contributed by atoms with van der Waals surface area (Å²) in [6.45, 7) is 3.67. The van der Waals surface area contributed by atoms with Crippen LogP contribution in [0.2, 0.25) is 0 Å². The number of aliphatic hydroxyl groups excluding tert-OH is 1. The Kier molecular flexibility index (Phi) is 5.64. The van der Waals surface area contributed by atoms with E-state index in [1.165, 1.54) is 35.0 Å². The highest BCUT2D eigenvalue weighted by Crippen LogP contribution is 2.29. The van der Waals surface area contributed by atoms with E-state index in [0.717, 1.165) is 11.0 Å². The van der Waals surface area contributed by atoms with Crippen LogP contribution in [0, 0.1) is 5.82 Å². The molecular weight excluding hydrogens is 405 g/mol. The van der Waals surface area contributed by atoms with Gasteiger partial charge in [-0.3, -0.25) is 9.69 Å². The molecule has 4 aromatic rings. The molecule has 1 aromatic heterocycles. The smallest absolute Gasteiger partial charge is 0.253 e. The number of carbonyl (C=O) groups is 1. The van der Waals surface area contributed by atoms with Crippen molar-refractivity contribution in [3.8, 4) is 0 Å². The quantitative estimate of drug-likeness (QED) is 0.524. The normalized spacial score (nSPS) is 16.0. The van der Waals surface area contributed by atoms with Crippen molar-refractivity contribution in [3.63, 3.8) is 0 Å². The van der Waals surface area contributed by atoms with E-state index in [9.17, 15) is 14.3 Å². The number of aromatic nitrogens is 1. The third-order valence-electron chi connectivity index (χ3n) is 6.29. The summed E-state index contributed by atoms with van der Waals surface area (Å²) in [5.41, 5.74) is 2.76. The molecule has 3 aromatic carbocycles. The Morgan fingerprint density at radius 2 is 1.38 bits per heavy atom. The summed E-state index contributed by atoms with van der Waals surface area (Å²) in [4.78, 5) is 16.6. The molecule has 164 valence electrons. The van der Waals surface area contributed by atoms with Gasteiger partial charge in [-0.25, -0.2) is 4.39 Å². The lowest BCUT2D eigenvalue weighted by atomic mass is 10.1. The van der Waals surface area contributed by atoms with Crippen LogP contribution in [0.5, 0.6) is 0 Å². The van der Waals surface area contributed by atoms with Crippen LogP contribution in [0.4, 0.5) is 4.39 Å². The predicted octanol–water partition coefficient (Wildman–Crippen LogP) is 3.75. The topological polar surface area (TPSA) is 48.7 Å². The number of hydrogen-bond donors (Lipinski definition) is 1. The van der Waals surface area contributed by atoms with Gasteiger partial charge in [0.25, 0.3) is 5.91 Å². The van der Waals surface area contributed by atoms with Crippen molar-refractivity contribution in [2.75, 3.05) is 32.7 Å². The SMILES string of the molecule is O=C(c1ccc(F)cc1)N1CCN(CC(O)Cn2c3ccccc3c3ccccc32)CC1.